The highest BCUT2D eigenvalue weighted by atomic mass is 35.5. The van der Waals surface area contributed by atoms with Gasteiger partial charge in [-0.05, 0) is 62.1 Å². The van der Waals surface area contributed by atoms with E-state index in [0.717, 1.165) is 28.6 Å². The number of aromatic amines is 1. The van der Waals surface area contributed by atoms with E-state index in [9.17, 15) is 9.59 Å². The zero-order valence-electron chi connectivity index (χ0n) is 17.4. The molecule has 7 heteroatoms. The monoisotopic (exact) mass is 437 g/mol. The van der Waals surface area contributed by atoms with Gasteiger partial charge in [0.2, 0.25) is 0 Å². The Morgan fingerprint density at radius 2 is 2.03 bits per heavy atom. The number of amides is 1. The van der Waals surface area contributed by atoms with Crippen molar-refractivity contribution in [1.82, 2.24) is 14.9 Å². The first kappa shape index (κ1) is 20.1. The van der Waals surface area contributed by atoms with Crippen LogP contribution in [0.5, 0.6) is 0 Å². The number of H-pyrrole nitrogens is 1. The number of rotatable bonds is 4. The molecule has 2 aliphatic rings. The van der Waals surface area contributed by atoms with Crippen LogP contribution in [-0.4, -0.2) is 39.9 Å². The van der Waals surface area contributed by atoms with Gasteiger partial charge in [0.1, 0.15) is 0 Å². The van der Waals surface area contributed by atoms with Crippen molar-refractivity contribution in [2.75, 3.05) is 13.2 Å². The number of carbonyl (C=O) groups is 2. The Kier molecular flexibility index (Phi) is 4.97. The molecule has 1 aromatic carbocycles. The molecule has 160 valence electrons. The summed E-state index contributed by atoms with van der Waals surface area (Å²) in [4.78, 5) is 36.2. The lowest BCUT2D eigenvalue weighted by molar-refractivity contribution is -0.168. The maximum absolute atomic E-state index is 13.6. The number of nitrogens with one attached hydrogen (secondary N) is 1. The minimum absolute atomic E-state index is 0.0923. The van der Waals surface area contributed by atoms with Crippen LogP contribution in [0.25, 0.3) is 10.9 Å². The summed E-state index contributed by atoms with van der Waals surface area (Å²) in [6, 6.07) is 8.80. The van der Waals surface area contributed by atoms with E-state index in [1.807, 2.05) is 30.0 Å². The van der Waals surface area contributed by atoms with Crippen LogP contribution < -0.4 is 0 Å². The summed E-state index contributed by atoms with van der Waals surface area (Å²) >= 11 is 6.28. The highest BCUT2D eigenvalue weighted by molar-refractivity contribution is 6.31. The van der Waals surface area contributed by atoms with Gasteiger partial charge in [-0.3, -0.25) is 14.6 Å². The van der Waals surface area contributed by atoms with Crippen LogP contribution in [0.3, 0.4) is 0 Å². The van der Waals surface area contributed by atoms with Crippen molar-refractivity contribution in [2.45, 2.75) is 38.6 Å². The maximum atomic E-state index is 13.6. The average molecular weight is 438 g/mol. The standard InChI is InChI=1S/C24H24ClN3O3/c1-2-31-23(30)24(9-3-10-24)21-20-17(18-14-16(25)4-5-19(18)27-20)8-13-28(21)22(29)15-6-11-26-12-7-15/h4-7,11-12,14,21,27H,2-3,8-10,13H2,1H3. The van der Waals surface area contributed by atoms with Crippen molar-refractivity contribution < 1.29 is 14.3 Å². The molecule has 5 rings (SSSR count). The van der Waals surface area contributed by atoms with Gasteiger partial charge in [-0.15, -0.1) is 0 Å². The summed E-state index contributed by atoms with van der Waals surface area (Å²) in [6.45, 7) is 2.67. The van der Waals surface area contributed by atoms with Crippen molar-refractivity contribution in [2.24, 2.45) is 5.41 Å². The van der Waals surface area contributed by atoms with Gasteiger partial charge in [-0.1, -0.05) is 18.0 Å². The van der Waals surface area contributed by atoms with E-state index < -0.39 is 11.5 Å². The van der Waals surface area contributed by atoms with Crippen LogP contribution in [0.2, 0.25) is 5.02 Å². The fraction of sp³-hybridized carbons (Fsp3) is 0.375. The number of aromatic nitrogens is 2. The molecule has 1 saturated carbocycles. The van der Waals surface area contributed by atoms with Crippen LogP contribution in [0, 0.1) is 5.41 Å². The minimum Gasteiger partial charge on any atom is -0.465 e. The summed E-state index contributed by atoms with van der Waals surface area (Å²) in [5.74, 6) is -0.311. The molecule has 1 N–H and O–H groups in total. The second-order valence-corrected chi connectivity index (χ2v) is 8.76. The molecule has 31 heavy (non-hydrogen) atoms. The molecule has 0 spiro atoms. The Morgan fingerprint density at radius 1 is 1.26 bits per heavy atom. The lowest BCUT2D eigenvalue weighted by atomic mass is 9.61. The molecule has 3 heterocycles. The average Bonchev–Trinajstić information content (AvgIpc) is 3.11. The molecule has 1 aliphatic heterocycles. The minimum atomic E-state index is -0.738. The summed E-state index contributed by atoms with van der Waals surface area (Å²) < 4.78 is 5.52. The lowest BCUT2D eigenvalue weighted by Crippen LogP contribution is -2.54. The van der Waals surface area contributed by atoms with Gasteiger partial charge in [-0.2, -0.15) is 0 Å². The van der Waals surface area contributed by atoms with E-state index in [1.54, 1.807) is 24.5 Å². The van der Waals surface area contributed by atoms with Crippen molar-refractivity contribution in [1.29, 1.82) is 0 Å². The largest absolute Gasteiger partial charge is 0.465 e. The molecule has 2 aromatic heterocycles. The SMILES string of the molecule is CCOC(=O)C1(C2c3[nH]c4ccc(Cl)cc4c3CCN2C(=O)c2ccncc2)CCC1. The summed E-state index contributed by atoms with van der Waals surface area (Å²) in [5.41, 5.74) is 2.87. The maximum Gasteiger partial charge on any atom is 0.314 e. The number of hydrogen-bond donors (Lipinski definition) is 1. The first-order valence-electron chi connectivity index (χ1n) is 10.7. The third kappa shape index (κ3) is 3.12. The van der Waals surface area contributed by atoms with Crippen LogP contribution >= 0.6 is 11.6 Å². The van der Waals surface area contributed by atoms with Crippen LogP contribution in [0.15, 0.2) is 42.7 Å². The molecule has 1 aliphatic carbocycles. The number of pyridine rings is 1. The summed E-state index contributed by atoms with van der Waals surface area (Å²) in [7, 11) is 0. The number of carbonyl (C=O) groups excluding carboxylic acids is 2. The Bertz CT molecular complexity index is 1150. The third-order valence-electron chi connectivity index (χ3n) is 6.73. The van der Waals surface area contributed by atoms with Gasteiger partial charge >= 0.3 is 5.97 Å². The smallest absolute Gasteiger partial charge is 0.314 e. The van der Waals surface area contributed by atoms with Crippen molar-refractivity contribution in [3.05, 3.63) is 64.6 Å². The predicted octanol–water partition coefficient (Wildman–Crippen LogP) is 4.69. The van der Waals surface area contributed by atoms with Gasteiger partial charge in [0, 0.05) is 46.1 Å². The fourth-order valence-electron chi connectivity index (χ4n) is 5.14. The Balaban J connectivity index is 1.67. The molecule has 1 fully saturated rings. The zero-order valence-corrected chi connectivity index (χ0v) is 18.1. The predicted molar refractivity (Wildman–Crippen MR) is 118 cm³/mol. The number of esters is 1. The van der Waals surface area contributed by atoms with Crippen molar-refractivity contribution >= 4 is 34.4 Å². The van der Waals surface area contributed by atoms with Crippen molar-refractivity contribution in [3.8, 4) is 0 Å². The normalized spacial score (nSPS) is 19.5. The molecule has 1 unspecified atom stereocenters. The van der Waals surface area contributed by atoms with E-state index in [-0.39, 0.29) is 11.9 Å². The fourth-order valence-corrected chi connectivity index (χ4v) is 5.31. The molecule has 6 nitrogen and oxygen atoms in total. The molecule has 0 bridgehead atoms. The molecule has 0 radical (unpaired) electrons. The number of benzene rings is 1. The molecule has 1 amide bonds. The second kappa shape index (κ2) is 7.68. The van der Waals surface area contributed by atoms with Gasteiger partial charge in [0.15, 0.2) is 0 Å². The van der Waals surface area contributed by atoms with Crippen LogP contribution in [0.4, 0.5) is 0 Å². The highest BCUT2D eigenvalue weighted by Crippen LogP contribution is 2.56. The third-order valence-corrected chi connectivity index (χ3v) is 6.96. The lowest BCUT2D eigenvalue weighted by Gasteiger charge is -2.51. The first-order chi connectivity index (χ1) is 15.0. The Hall–Kier alpha value is -2.86. The number of nitrogens with zero attached hydrogens (tertiary/aromatic N) is 2. The Morgan fingerprint density at radius 3 is 2.71 bits per heavy atom. The number of fused-ring (bicyclic) bond motifs is 3. The van der Waals surface area contributed by atoms with Gasteiger partial charge in [-0.25, -0.2) is 0 Å². The van der Waals surface area contributed by atoms with Crippen LogP contribution in [-0.2, 0) is 16.0 Å². The second-order valence-electron chi connectivity index (χ2n) is 8.32. The topological polar surface area (TPSA) is 75.3 Å². The highest BCUT2D eigenvalue weighted by Gasteiger charge is 2.57. The number of halogens is 1. The van der Waals surface area contributed by atoms with Gasteiger partial charge in [0.25, 0.3) is 5.91 Å². The summed E-state index contributed by atoms with van der Waals surface area (Å²) in [5, 5.41) is 1.73. The zero-order chi connectivity index (χ0) is 21.6. The quantitative estimate of drug-likeness (QED) is 0.601. The van der Waals surface area contributed by atoms with E-state index in [2.05, 4.69) is 9.97 Å². The van der Waals surface area contributed by atoms with E-state index in [4.69, 9.17) is 16.3 Å². The van der Waals surface area contributed by atoms with E-state index >= 15 is 0 Å². The van der Waals surface area contributed by atoms with Gasteiger partial charge < -0.3 is 14.6 Å². The van der Waals surface area contributed by atoms with Crippen molar-refractivity contribution in [3.63, 3.8) is 0 Å². The molecule has 1 atom stereocenters. The van der Waals surface area contributed by atoms with Gasteiger partial charge in [0.05, 0.1) is 18.1 Å². The summed E-state index contributed by atoms with van der Waals surface area (Å²) in [6.07, 6.45) is 6.27. The van der Waals surface area contributed by atoms with Crippen LogP contribution in [0.1, 0.15) is 53.8 Å². The van der Waals surface area contributed by atoms with E-state index in [0.29, 0.717) is 43.0 Å². The molecular weight excluding hydrogens is 414 g/mol. The Labute approximate surface area is 185 Å². The number of ether oxygens (including phenoxy) is 1. The first-order valence-corrected chi connectivity index (χ1v) is 11.1. The molecular formula is C24H24ClN3O3. The number of hydrogen-bond acceptors (Lipinski definition) is 4. The molecule has 0 saturated heterocycles. The van der Waals surface area contributed by atoms with E-state index in [1.165, 1.54) is 0 Å². The molecule has 3 aromatic rings.